The lowest BCUT2D eigenvalue weighted by atomic mass is 9.85. The minimum atomic E-state index is 0.665. The number of allylic oxidation sites excluding steroid dienone is 2. The fourth-order valence-corrected chi connectivity index (χ4v) is 2.65. The summed E-state index contributed by atoms with van der Waals surface area (Å²) in [5.74, 6) is 7.24. The van der Waals surface area contributed by atoms with Crippen LogP contribution in [0.3, 0.4) is 0 Å². The second kappa shape index (κ2) is 6.26. The van der Waals surface area contributed by atoms with Crippen LogP contribution in [0.15, 0.2) is 72.3 Å². The molecule has 1 unspecified atom stereocenters. The van der Waals surface area contributed by atoms with Gasteiger partial charge < -0.3 is 0 Å². The minimum absolute atomic E-state index is 0.665. The Morgan fingerprint density at radius 1 is 0.800 bits per heavy atom. The monoisotopic (exact) mass is 258 g/mol. The van der Waals surface area contributed by atoms with E-state index in [0.717, 1.165) is 18.4 Å². The molecule has 20 heavy (non-hydrogen) atoms. The van der Waals surface area contributed by atoms with E-state index in [2.05, 4.69) is 60.4 Å². The molecule has 0 saturated heterocycles. The zero-order chi connectivity index (χ0) is 13.6. The summed E-state index contributed by atoms with van der Waals surface area (Å²) in [6.07, 6.45) is 5.73. The van der Waals surface area contributed by atoms with Crippen molar-refractivity contribution in [2.45, 2.75) is 25.2 Å². The van der Waals surface area contributed by atoms with Gasteiger partial charge in [-0.1, -0.05) is 66.4 Å². The van der Waals surface area contributed by atoms with Crippen molar-refractivity contribution in [3.63, 3.8) is 0 Å². The maximum Gasteiger partial charge on any atom is 0.0248 e. The van der Waals surface area contributed by atoms with Crippen molar-refractivity contribution in [3.05, 3.63) is 83.4 Å². The average molecular weight is 258 g/mol. The molecule has 1 atom stereocenters. The Morgan fingerprint density at radius 2 is 1.50 bits per heavy atom. The van der Waals surface area contributed by atoms with Crippen LogP contribution in [0, 0.1) is 11.8 Å². The number of hydrogen-bond acceptors (Lipinski definition) is 0. The summed E-state index contributed by atoms with van der Waals surface area (Å²) in [6.45, 7) is 0. The van der Waals surface area contributed by atoms with Crippen LogP contribution >= 0.6 is 0 Å². The molecule has 0 radical (unpaired) electrons. The Hall–Kier alpha value is -2.26. The van der Waals surface area contributed by atoms with Crippen LogP contribution in [0.2, 0.25) is 0 Å². The van der Waals surface area contributed by atoms with Gasteiger partial charge in [0.1, 0.15) is 0 Å². The molecular weight excluding hydrogens is 240 g/mol. The first kappa shape index (κ1) is 12.8. The molecule has 1 aliphatic rings. The standard InChI is InChI=1S/C20H18/c1-3-7-17(8-4-1)11-12-18-13-15-20(16-14-18)19-9-5-2-6-10-19/h1-10,13,20H,14-16H2. The zero-order valence-corrected chi connectivity index (χ0v) is 11.5. The number of benzene rings is 2. The van der Waals surface area contributed by atoms with E-state index in [-0.39, 0.29) is 0 Å². The van der Waals surface area contributed by atoms with Crippen molar-refractivity contribution in [2.24, 2.45) is 0 Å². The third kappa shape index (κ3) is 3.19. The largest absolute Gasteiger partial charge is 0.0723 e. The van der Waals surface area contributed by atoms with Crippen LogP contribution in [-0.4, -0.2) is 0 Å². The van der Waals surface area contributed by atoms with Gasteiger partial charge in [-0.15, -0.1) is 0 Å². The summed E-state index contributed by atoms with van der Waals surface area (Å²) in [4.78, 5) is 0. The van der Waals surface area contributed by atoms with E-state index in [1.165, 1.54) is 17.6 Å². The van der Waals surface area contributed by atoms with Crippen molar-refractivity contribution >= 4 is 0 Å². The lowest BCUT2D eigenvalue weighted by Gasteiger charge is -2.20. The molecule has 0 nitrogen and oxygen atoms in total. The molecule has 0 spiro atoms. The molecule has 0 heterocycles. The van der Waals surface area contributed by atoms with Gasteiger partial charge in [-0.2, -0.15) is 0 Å². The number of rotatable bonds is 1. The summed E-state index contributed by atoms with van der Waals surface area (Å²) in [6, 6.07) is 21.0. The van der Waals surface area contributed by atoms with Gasteiger partial charge in [-0.25, -0.2) is 0 Å². The molecule has 0 fully saturated rings. The van der Waals surface area contributed by atoms with E-state index in [1.54, 1.807) is 0 Å². The molecule has 2 aromatic carbocycles. The lowest BCUT2D eigenvalue weighted by molar-refractivity contribution is 0.607. The molecule has 2 aromatic rings. The van der Waals surface area contributed by atoms with E-state index in [1.807, 2.05) is 18.2 Å². The van der Waals surface area contributed by atoms with Gasteiger partial charge >= 0.3 is 0 Å². The van der Waals surface area contributed by atoms with Gasteiger partial charge in [0.2, 0.25) is 0 Å². The van der Waals surface area contributed by atoms with Crippen molar-refractivity contribution in [1.29, 1.82) is 0 Å². The van der Waals surface area contributed by atoms with Gasteiger partial charge in [0.05, 0.1) is 0 Å². The summed E-state index contributed by atoms with van der Waals surface area (Å²) in [7, 11) is 0. The van der Waals surface area contributed by atoms with Crippen molar-refractivity contribution < 1.29 is 0 Å². The van der Waals surface area contributed by atoms with Crippen LogP contribution < -0.4 is 0 Å². The summed E-state index contributed by atoms with van der Waals surface area (Å²) in [5.41, 5.74) is 3.85. The number of hydrogen-bond donors (Lipinski definition) is 0. The SMILES string of the molecule is C(#Cc1ccccc1)C1=CCC(c2ccccc2)CC1. The second-order valence-corrected chi connectivity index (χ2v) is 5.23. The first-order valence-electron chi connectivity index (χ1n) is 7.23. The normalized spacial score (nSPS) is 17.8. The molecule has 0 bridgehead atoms. The minimum Gasteiger partial charge on any atom is -0.0723 e. The van der Waals surface area contributed by atoms with Crippen LogP contribution in [-0.2, 0) is 0 Å². The molecule has 98 valence electrons. The van der Waals surface area contributed by atoms with Crippen molar-refractivity contribution in [3.8, 4) is 11.8 Å². The smallest absolute Gasteiger partial charge is 0.0248 e. The highest BCUT2D eigenvalue weighted by molar-refractivity contribution is 5.41. The third-order valence-corrected chi connectivity index (χ3v) is 3.82. The fraction of sp³-hybridized carbons (Fsp3) is 0.200. The molecule has 1 aliphatic carbocycles. The molecule has 0 amide bonds. The fourth-order valence-electron chi connectivity index (χ4n) is 2.65. The van der Waals surface area contributed by atoms with Gasteiger partial charge in [-0.05, 0) is 48.4 Å². The topological polar surface area (TPSA) is 0 Å². The van der Waals surface area contributed by atoms with Crippen molar-refractivity contribution in [1.82, 2.24) is 0 Å². The quantitative estimate of drug-likeness (QED) is 0.636. The average Bonchev–Trinajstić information content (AvgIpc) is 2.55. The maximum absolute atomic E-state index is 3.32. The highest BCUT2D eigenvalue weighted by atomic mass is 14.2. The highest BCUT2D eigenvalue weighted by Crippen LogP contribution is 2.31. The molecular formula is C20H18. The van der Waals surface area contributed by atoms with Gasteiger partial charge in [0, 0.05) is 5.56 Å². The van der Waals surface area contributed by atoms with Gasteiger partial charge in [-0.3, -0.25) is 0 Å². The van der Waals surface area contributed by atoms with Crippen LogP contribution in [0.1, 0.15) is 36.3 Å². The molecule has 0 aliphatic heterocycles. The van der Waals surface area contributed by atoms with E-state index in [9.17, 15) is 0 Å². The van der Waals surface area contributed by atoms with Crippen LogP contribution in [0.25, 0.3) is 0 Å². The Bertz CT molecular complexity index is 639. The van der Waals surface area contributed by atoms with Crippen LogP contribution in [0.5, 0.6) is 0 Å². The molecule has 0 heteroatoms. The Balaban J connectivity index is 1.68. The molecule has 0 N–H and O–H groups in total. The van der Waals surface area contributed by atoms with E-state index in [4.69, 9.17) is 0 Å². The summed E-state index contributed by atoms with van der Waals surface area (Å²) < 4.78 is 0. The van der Waals surface area contributed by atoms with Gasteiger partial charge in [0.15, 0.2) is 0 Å². The Morgan fingerprint density at radius 3 is 2.15 bits per heavy atom. The summed E-state index contributed by atoms with van der Waals surface area (Å²) in [5, 5.41) is 0. The Kier molecular flexibility index (Phi) is 3.99. The van der Waals surface area contributed by atoms with E-state index < -0.39 is 0 Å². The zero-order valence-electron chi connectivity index (χ0n) is 11.5. The van der Waals surface area contributed by atoms with Gasteiger partial charge in [0.25, 0.3) is 0 Å². The maximum atomic E-state index is 3.32. The Labute approximate surface area is 121 Å². The van der Waals surface area contributed by atoms with E-state index in [0.29, 0.717) is 5.92 Å². The predicted octanol–water partition coefficient (Wildman–Crippen LogP) is 4.93. The van der Waals surface area contributed by atoms with E-state index >= 15 is 0 Å². The first-order valence-corrected chi connectivity index (χ1v) is 7.23. The molecule has 3 rings (SSSR count). The lowest BCUT2D eigenvalue weighted by Crippen LogP contribution is -2.03. The highest BCUT2D eigenvalue weighted by Gasteiger charge is 2.14. The summed E-state index contributed by atoms with van der Waals surface area (Å²) >= 11 is 0. The first-order chi connectivity index (χ1) is 9.92. The second-order valence-electron chi connectivity index (χ2n) is 5.23. The van der Waals surface area contributed by atoms with Crippen LogP contribution in [0.4, 0.5) is 0 Å². The van der Waals surface area contributed by atoms with Crippen molar-refractivity contribution in [2.75, 3.05) is 0 Å². The molecule has 0 saturated carbocycles. The third-order valence-electron chi connectivity index (χ3n) is 3.82. The molecule has 0 aromatic heterocycles. The predicted molar refractivity (Wildman–Crippen MR) is 84.4 cm³/mol.